The smallest absolute Gasteiger partial charge is 0.253 e. The van der Waals surface area contributed by atoms with E-state index in [1.807, 2.05) is 0 Å². The lowest BCUT2D eigenvalue weighted by Gasteiger charge is -2.09. The molecule has 1 amide bonds. The molecular formula is C13H14FN3O2. The van der Waals surface area contributed by atoms with E-state index in [4.69, 9.17) is 4.42 Å². The fourth-order valence-electron chi connectivity index (χ4n) is 1.70. The standard InChI is InChI=1S/C13H14FN3O2/c1-8-6-16-11(19-8)7-17-13(18)9-4-3-5-10(14)12(9)15-2/h3-6,15H,7H2,1-2H3,(H,17,18). The van der Waals surface area contributed by atoms with Gasteiger partial charge in [0.2, 0.25) is 5.89 Å². The van der Waals surface area contributed by atoms with Gasteiger partial charge in [-0.05, 0) is 19.1 Å². The summed E-state index contributed by atoms with van der Waals surface area (Å²) in [7, 11) is 1.56. The predicted octanol–water partition coefficient (Wildman–Crippen LogP) is 2.09. The maximum absolute atomic E-state index is 13.5. The lowest BCUT2D eigenvalue weighted by Crippen LogP contribution is -2.24. The molecule has 0 aliphatic heterocycles. The lowest BCUT2D eigenvalue weighted by atomic mass is 10.1. The third-order valence-corrected chi connectivity index (χ3v) is 2.58. The van der Waals surface area contributed by atoms with Gasteiger partial charge in [-0.15, -0.1) is 0 Å². The summed E-state index contributed by atoms with van der Waals surface area (Å²) >= 11 is 0. The molecule has 0 spiro atoms. The molecule has 0 unspecified atom stereocenters. The van der Waals surface area contributed by atoms with Crippen molar-refractivity contribution in [2.75, 3.05) is 12.4 Å². The molecule has 0 atom stereocenters. The van der Waals surface area contributed by atoms with Crippen molar-refractivity contribution < 1.29 is 13.6 Å². The molecule has 2 rings (SSSR count). The topological polar surface area (TPSA) is 67.2 Å². The molecule has 0 aliphatic rings. The number of anilines is 1. The molecular weight excluding hydrogens is 249 g/mol. The summed E-state index contributed by atoms with van der Waals surface area (Å²) < 4.78 is 18.7. The molecule has 0 aliphatic carbocycles. The van der Waals surface area contributed by atoms with Gasteiger partial charge in [0.15, 0.2) is 0 Å². The fourth-order valence-corrected chi connectivity index (χ4v) is 1.70. The number of carbonyl (C=O) groups excluding carboxylic acids is 1. The summed E-state index contributed by atoms with van der Waals surface area (Å²) in [6, 6.07) is 4.32. The van der Waals surface area contributed by atoms with Crippen LogP contribution in [0, 0.1) is 12.7 Å². The van der Waals surface area contributed by atoms with Gasteiger partial charge in [-0.3, -0.25) is 4.79 Å². The van der Waals surface area contributed by atoms with Crippen molar-refractivity contribution in [3.63, 3.8) is 0 Å². The van der Waals surface area contributed by atoms with E-state index in [2.05, 4.69) is 15.6 Å². The number of oxazole rings is 1. The van der Waals surface area contributed by atoms with Gasteiger partial charge in [-0.25, -0.2) is 9.37 Å². The van der Waals surface area contributed by atoms with E-state index in [0.717, 1.165) is 0 Å². The quantitative estimate of drug-likeness (QED) is 0.886. The number of halogens is 1. The van der Waals surface area contributed by atoms with Gasteiger partial charge >= 0.3 is 0 Å². The van der Waals surface area contributed by atoms with Crippen molar-refractivity contribution in [3.8, 4) is 0 Å². The summed E-state index contributed by atoms with van der Waals surface area (Å²) in [5, 5.41) is 5.30. The fraction of sp³-hybridized carbons (Fsp3) is 0.231. The van der Waals surface area contributed by atoms with Crippen LogP contribution in [-0.4, -0.2) is 17.9 Å². The molecule has 2 aromatic rings. The second-order valence-corrected chi connectivity index (χ2v) is 3.96. The maximum Gasteiger partial charge on any atom is 0.253 e. The van der Waals surface area contributed by atoms with Crippen LogP contribution in [0.5, 0.6) is 0 Å². The first-order valence-electron chi connectivity index (χ1n) is 5.77. The van der Waals surface area contributed by atoms with Crippen LogP contribution in [0.25, 0.3) is 0 Å². The van der Waals surface area contributed by atoms with Crippen LogP contribution in [-0.2, 0) is 6.54 Å². The number of aromatic nitrogens is 1. The average molecular weight is 263 g/mol. The molecule has 1 aromatic heterocycles. The highest BCUT2D eigenvalue weighted by molar-refractivity contribution is 5.99. The van der Waals surface area contributed by atoms with Gasteiger partial charge in [0, 0.05) is 7.05 Å². The third kappa shape index (κ3) is 2.90. The third-order valence-electron chi connectivity index (χ3n) is 2.58. The van der Waals surface area contributed by atoms with Gasteiger partial charge in [-0.1, -0.05) is 6.07 Å². The minimum atomic E-state index is -0.470. The first-order valence-corrected chi connectivity index (χ1v) is 5.77. The molecule has 5 nitrogen and oxygen atoms in total. The van der Waals surface area contributed by atoms with Crippen LogP contribution in [0.4, 0.5) is 10.1 Å². The number of benzene rings is 1. The normalized spacial score (nSPS) is 10.3. The van der Waals surface area contributed by atoms with Crippen LogP contribution in [0.15, 0.2) is 28.8 Å². The summed E-state index contributed by atoms with van der Waals surface area (Å²) in [6.07, 6.45) is 1.57. The molecule has 19 heavy (non-hydrogen) atoms. The highest BCUT2D eigenvalue weighted by Crippen LogP contribution is 2.19. The van der Waals surface area contributed by atoms with E-state index < -0.39 is 5.82 Å². The monoisotopic (exact) mass is 263 g/mol. The molecule has 6 heteroatoms. The largest absolute Gasteiger partial charge is 0.444 e. The number of amides is 1. The average Bonchev–Trinajstić information content (AvgIpc) is 2.81. The van der Waals surface area contributed by atoms with Crippen molar-refractivity contribution >= 4 is 11.6 Å². The van der Waals surface area contributed by atoms with Gasteiger partial charge < -0.3 is 15.1 Å². The minimum Gasteiger partial charge on any atom is -0.444 e. The maximum atomic E-state index is 13.5. The van der Waals surface area contributed by atoms with Crippen LogP contribution in [0.3, 0.4) is 0 Å². The Kier molecular flexibility index (Phi) is 3.79. The molecule has 0 fully saturated rings. The van der Waals surface area contributed by atoms with Crippen molar-refractivity contribution in [1.82, 2.24) is 10.3 Å². The second kappa shape index (κ2) is 5.51. The van der Waals surface area contributed by atoms with Crippen molar-refractivity contribution in [2.45, 2.75) is 13.5 Å². The van der Waals surface area contributed by atoms with E-state index in [1.165, 1.54) is 12.1 Å². The molecule has 2 N–H and O–H groups in total. The van der Waals surface area contributed by atoms with E-state index in [-0.39, 0.29) is 23.7 Å². The van der Waals surface area contributed by atoms with E-state index in [9.17, 15) is 9.18 Å². The predicted molar refractivity (Wildman–Crippen MR) is 68.4 cm³/mol. The summed E-state index contributed by atoms with van der Waals surface area (Å²) in [5.41, 5.74) is 0.411. The second-order valence-electron chi connectivity index (χ2n) is 3.96. The zero-order valence-corrected chi connectivity index (χ0v) is 10.7. The number of hydrogen-bond donors (Lipinski definition) is 2. The number of rotatable bonds is 4. The Balaban J connectivity index is 2.10. The van der Waals surface area contributed by atoms with Gasteiger partial charge in [0.1, 0.15) is 11.6 Å². The highest BCUT2D eigenvalue weighted by Gasteiger charge is 2.14. The number of nitrogens with one attached hydrogen (secondary N) is 2. The SMILES string of the molecule is CNc1c(F)cccc1C(=O)NCc1ncc(C)o1. The Morgan fingerprint density at radius 1 is 1.47 bits per heavy atom. The molecule has 1 heterocycles. The van der Waals surface area contributed by atoms with Crippen LogP contribution < -0.4 is 10.6 Å². The van der Waals surface area contributed by atoms with E-state index in [0.29, 0.717) is 11.7 Å². The molecule has 0 saturated carbocycles. The van der Waals surface area contributed by atoms with Crippen LogP contribution in [0.2, 0.25) is 0 Å². The van der Waals surface area contributed by atoms with Crippen molar-refractivity contribution in [1.29, 1.82) is 0 Å². The summed E-state index contributed by atoms with van der Waals surface area (Å²) in [4.78, 5) is 15.9. The molecule has 100 valence electrons. The number of carbonyl (C=O) groups is 1. The zero-order chi connectivity index (χ0) is 13.8. The number of nitrogens with zero attached hydrogens (tertiary/aromatic N) is 1. The molecule has 0 saturated heterocycles. The Morgan fingerprint density at radius 2 is 2.26 bits per heavy atom. The van der Waals surface area contributed by atoms with E-state index in [1.54, 1.807) is 26.2 Å². The van der Waals surface area contributed by atoms with Crippen LogP contribution in [0.1, 0.15) is 22.0 Å². The first-order chi connectivity index (χ1) is 9.11. The number of para-hydroxylation sites is 1. The lowest BCUT2D eigenvalue weighted by molar-refractivity contribution is 0.0947. The van der Waals surface area contributed by atoms with Crippen molar-refractivity contribution in [2.24, 2.45) is 0 Å². The van der Waals surface area contributed by atoms with Gasteiger partial charge in [0.25, 0.3) is 5.91 Å². The molecule has 0 bridgehead atoms. The number of aryl methyl sites for hydroxylation is 1. The van der Waals surface area contributed by atoms with E-state index >= 15 is 0 Å². The van der Waals surface area contributed by atoms with Crippen LogP contribution >= 0.6 is 0 Å². The Hall–Kier alpha value is -2.37. The highest BCUT2D eigenvalue weighted by atomic mass is 19.1. The summed E-state index contributed by atoms with van der Waals surface area (Å²) in [5.74, 6) is 0.223. The Morgan fingerprint density at radius 3 is 2.89 bits per heavy atom. The summed E-state index contributed by atoms with van der Waals surface area (Å²) in [6.45, 7) is 1.93. The van der Waals surface area contributed by atoms with Crippen molar-refractivity contribution in [3.05, 3.63) is 47.4 Å². The number of hydrogen-bond acceptors (Lipinski definition) is 4. The van der Waals surface area contributed by atoms with Gasteiger partial charge in [-0.2, -0.15) is 0 Å². The zero-order valence-electron chi connectivity index (χ0n) is 10.7. The first kappa shape index (κ1) is 13.1. The molecule has 1 aromatic carbocycles. The molecule has 0 radical (unpaired) electrons. The Labute approximate surface area is 109 Å². The van der Waals surface area contributed by atoms with Gasteiger partial charge in [0.05, 0.1) is 24.0 Å². The minimum absolute atomic E-state index is 0.159. The Bertz CT molecular complexity index is 595.